The van der Waals surface area contributed by atoms with Crippen molar-refractivity contribution in [2.45, 2.75) is 78.1 Å². The molecule has 0 aliphatic rings. The molecule has 0 rings (SSSR count). The Morgan fingerprint density at radius 2 is 1.45 bits per heavy atom. The average Bonchev–Trinajstić information content (AvgIpc) is 2.42. The number of aliphatic carboxylic acids is 1. The van der Waals surface area contributed by atoms with Crippen molar-refractivity contribution < 1.29 is 14.7 Å². The highest BCUT2D eigenvalue weighted by atomic mass is 16.4. The van der Waals surface area contributed by atoms with Crippen LogP contribution in [0.3, 0.4) is 0 Å². The third kappa shape index (κ3) is 10.6. The molecule has 0 atom stereocenters. The van der Waals surface area contributed by atoms with Crippen LogP contribution in [0.2, 0.25) is 0 Å². The lowest BCUT2D eigenvalue weighted by molar-refractivity contribution is -0.134. The van der Waals surface area contributed by atoms with Crippen LogP contribution in [0, 0.1) is 0 Å². The summed E-state index contributed by atoms with van der Waals surface area (Å²) in [5.74, 6) is -1.30. The van der Waals surface area contributed by atoms with Crippen molar-refractivity contribution >= 4 is 11.9 Å². The zero-order valence-electron chi connectivity index (χ0n) is 12.9. The second-order valence-corrected chi connectivity index (χ2v) is 5.13. The van der Waals surface area contributed by atoms with E-state index in [1.54, 1.807) is 6.92 Å². The van der Waals surface area contributed by atoms with Crippen molar-refractivity contribution in [2.24, 2.45) is 0 Å². The van der Waals surface area contributed by atoms with E-state index in [9.17, 15) is 9.59 Å². The topological polar surface area (TPSA) is 66.4 Å². The number of carboxylic acids is 1. The fourth-order valence-electron chi connectivity index (χ4n) is 2.06. The number of carbonyl (C=O) groups excluding carboxylic acids is 1. The number of carboxylic acid groups (broad SMARTS) is 1. The molecule has 2 N–H and O–H groups in total. The number of carbonyl (C=O) groups is 2. The zero-order valence-corrected chi connectivity index (χ0v) is 12.9. The van der Waals surface area contributed by atoms with Gasteiger partial charge in [0, 0.05) is 6.42 Å². The lowest BCUT2D eigenvalue weighted by Gasteiger charge is -2.05. The number of rotatable bonds is 12. The SMILES string of the molecule is C/C=C(\NC(=O)CCCCCCCCCCC)C(=O)O. The van der Waals surface area contributed by atoms with E-state index in [2.05, 4.69) is 12.2 Å². The monoisotopic (exact) mass is 283 g/mol. The van der Waals surface area contributed by atoms with Gasteiger partial charge in [-0.3, -0.25) is 4.79 Å². The highest BCUT2D eigenvalue weighted by molar-refractivity contribution is 5.92. The Bertz CT molecular complexity index is 311. The number of hydrogen-bond donors (Lipinski definition) is 2. The molecule has 0 aromatic carbocycles. The van der Waals surface area contributed by atoms with Gasteiger partial charge in [0.15, 0.2) is 0 Å². The smallest absolute Gasteiger partial charge is 0.352 e. The minimum atomic E-state index is -1.09. The van der Waals surface area contributed by atoms with Gasteiger partial charge in [-0.1, -0.05) is 64.4 Å². The Hall–Kier alpha value is -1.32. The van der Waals surface area contributed by atoms with Gasteiger partial charge in [0.25, 0.3) is 0 Å². The molecule has 0 fully saturated rings. The fraction of sp³-hybridized carbons (Fsp3) is 0.750. The molecule has 0 aliphatic carbocycles. The molecule has 0 aliphatic heterocycles. The number of hydrogen-bond acceptors (Lipinski definition) is 2. The maximum atomic E-state index is 11.5. The van der Waals surface area contributed by atoms with Gasteiger partial charge in [-0.2, -0.15) is 0 Å². The Morgan fingerprint density at radius 1 is 0.950 bits per heavy atom. The van der Waals surface area contributed by atoms with Crippen LogP contribution in [-0.2, 0) is 9.59 Å². The highest BCUT2D eigenvalue weighted by Crippen LogP contribution is 2.10. The molecule has 116 valence electrons. The summed E-state index contributed by atoms with van der Waals surface area (Å²) in [7, 11) is 0. The summed E-state index contributed by atoms with van der Waals surface area (Å²) >= 11 is 0. The second-order valence-electron chi connectivity index (χ2n) is 5.13. The Labute approximate surface area is 122 Å². The van der Waals surface area contributed by atoms with E-state index < -0.39 is 5.97 Å². The molecule has 0 spiro atoms. The van der Waals surface area contributed by atoms with Gasteiger partial charge < -0.3 is 10.4 Å². The van der Waals surface area contributed by atoms with Crippen LogP contribution < -0.4 is 5.32 Å². The molecular weight excluding hydrogens is 254 g/mol. The van der Waals surface area contributed by atoms with Crippen LogP contribution in [0.5, 0.6) is 0 Å². The minimum Gasteiger partial charge on any atom is -0.477 e. The largest absolute Gasteiger partial charge is 0.477 e. The molecule has 0 unspecified atom stereocenters. The van der Waals surface area contributed by atoms with Gasteiger partial charge in [0.1, 0.15) is 5.70 Å². The van der Waals surface area contributed by atoms with Crippen LogP contribution in [0.25, 0.3) is 0 Å². The molecule has 4 nitrogen and oxygen atoms in total. The third-order valence-electron chi connectivity index (χ3n) is 3.30. The maximum absolute atomic E-state index is 11.5. The second kappa shape index (κ2) is 12.7. The summed E-state index contributed by atoms with van der Waals surface area (Å²) in [6.07, 6.45) is 12.6. The van der Waals surface area contributed by atoms with Crippen molar-refractivity contribution in [2.75, 3.05) is 0 Å². The highest BCUT2D eigenvalue weighted by Gasteiger charge is 2.09. The van der Waals surface area contributed by atoms with E-state index in [0.717, 1.165) is 19.3 Å². The number of nitrogens with one attached hydrogen (secondary N) is 1. The van der Waals surface area contributed by atoms with Crippen molar-refractivity contribution in [1.29, 1.82) is 0 Å². The van der Waals surface area contributed by atoms with E-state index in [1.165, 1.54) is 44.6 Å². The third-order valence-corrected chi connectivity index (χ3v) is 3.30. The van der Waals surface area contributed by atoms with Crippen LogP contribution in [0.15, 0.2) is 11.8 Å². The number of allylic oxidation sites excluding steroid dienone is 1. The lowest BCUT2D eigenvalue weighted by atomic mass is 10.1. The Kier molecular flexibility index (Phi) is 11.9. The standard InChI is InChI=1S/C16H29NO3/c1-3-5-6-7-8-9-10-11-12-13-15(18)17-14(4-2)16(19)20/h4H,3,5-13H2,1-2H3,(H,17,18)(H,19,20)/b14-4-. The summed E-state index contributed by atoms with van der Waals surface area (Å²) in [6.45, 7) is 3.82. The summed E-state index contributed by atoms with van der Waals surface area (Å²) in [5, 5.41) is 11.2. The summed E-state index contributed by atoms with van der Waals surface area (Å²) in [6, 6.07) is 0. The fourth-order valence-corrected chi connectivity index (χ4v) is 2.06. The molecule has 0 bridgehead atoms. The molecule has 0 saturated heterocycles. The number of unbranched alkanes of at least 4 members (excludes halogenated alkanes) is 8. The first kappa shape index (κ1) is 18.7. The van der Waals surface area contributed by atoms with E-state index in [4.69, 9.17) is 5.11 Å². The van der Waals surface area contributed by atoms with E-state index in [0.29, 0.717) is 6.42 Å². The molecule has 20 heavy (non-hydrogen) atoms. The summed E-state index contributed by atoms with van der Waals surface area (Å²) in [5.41, 5.74) is -0.0362. The van der Waals surface area contributed by atoms with Crippen LogP contribution >= 0.6 is 0 Å². The molecule has 0 heterocycles. The van der Waals surface area contributed by atoms with Crippen molar-refractivity contribution in [3.05, 3.63) is 11.8 Å². The first-order valence-corrected chi connectivity index (χ1v) is 7.81. The van der Waals surface area contributed by atoms with Crippen LogP contribution in [-0.4, -0.2) is 17.0 Å². The van der Waals surface area contributed by atoms with Gasteiger partial charge >= 0.3 is 5.97 Å². The Morgan fingerprint density at radius 3 is 1.90 bits per heavy atom. The van der Waals surface area contributed by atoms with Gasteiger partial charge in [0.05, 0.1) is 0 Å². The first-order valence-electron chi connectivity index (χ1n) is 7.81. The van der Waals surface area contributed by atoms with Crippen LogP contribution in [0.1, 0.15) is 78.1 Å². The van der Waals surface area contributed by atoms with Gasteiger partial charge in [-0.15, -0.1) is 0 Å². The summed E-state index contributed by atoms with van der Waals surface area (Å²) in [4.78, 5) is 22.2. The normalized spacial score (nSPS) is 11.4. The van der Waals surface area contributed by atoms with E-state index >= 15 is 0 Å². The van der Waals surface area contributed by atoms with E-state index in [1.807, 2.05) is 0 Å². The molecule has 1 amide bonds. The Balaban J connectivity index is 3.46. The lowest BCUT2D eigenvalue weighted by Crippen LogP contribution is -2.26. The summed E-state index contributed by atoms with van der Waals surface area (Å²) < 4.78 is 0. The predicted molar refractivity (Wildman–Crippen MR) is 81.4 cm³/mol. The van der Waals surface area contributed by atoms with Crippen LogP contribution in [0.4, 0.5) is 0 Å². The van der Waals surface area contributed by atoms with E-state index in [-0.39, 0.29) is 11.6 Å². The molecule has 0 radical (unpaired) electrons. The molecule has 0 saturated carbocycles. The minimum absolute atomic E-state index is 0.0362. The molecule has 0 aromatic heterocycles. The molecular formula is C16H29NO3. The number of amides is 1. The van der Waals surface area contributed by atoms with Gasteiger partial charge in [0.2, 0.25) is 5.91 Å². The maximum Gasteiger partial charge on any atom is 0.352 e. The quantitative estimate of drug-likeness (QED) is 0.420. The van der Waals surface area contributed by atoms with Crippen molar-refractivity contribution in [1.82, 2.24) is 5.32 Å². The average molecular weight is 283 g/mol. The molecule has 4 heteroatoms. The predicted octanol–water partition coefficient (Wildman–Crippen LogP) is 4.01. The van der Waals surface area contributed by atoms with Crippen molar-refractivity contribution in [3.8, 4) is 0 Å². The van der Waals surface area contributed by atoms with Gasteiger partial charge in [-0.05, 0) is 13.3 Å². The van der Waals surface area contributed by atoms with Crippen molar-refractivity contribution in [3.63, 3.8) is 0 Å². The zero-order chi connectivity index (χ0) is 15.2. The molecule has 0 aromatic rings. The van der Waals surface area contributed by atoms with Gasteiger partial charge in [-0.25, -0.2) is 4.79 Å². The first-order chi connectivity index (χ1) is 9.61.